The number of aryl methyl sites for hydroxylation is 1. The number of hydrogen-bond acceptors (Lipinski definition) is 8. The second kappa shape index (κ2) is 9.57. The van der Waals surface area contributed by atoms with E-state index < -0.39 is 11.9 Å². The number of anilines is 3. The van der Waals surface area contributed by atoms with E-state index in [0.29, 0.717) is 17.6 Å². The lowest BCUT2D eigenvalue weighted by Crippen LogP contribution is -2.24. The molecule has 3 rings (SSSR count). The van der Waals surface area contributed by atoms with Crippen molar-refractivity contribution in [2.45, 2.75) is 19.9 Å². The average Bonchev–Trinajstić information content (AvgIpc) is 2.74. The first-order valence-corrected chi connectivity index (χ1v) is 9.62. The maximum Gasteiger partial charge on any atom is 0.224 e. The van der Waals surface area contributed by atoms with E-state index in [4.69, 9.17) is 16.2 Å². The highest BCUT2D eigenvalue weighted by molar-refractivity contribution is 5.89. The van der Waals surface area contributed by atoms with Crippen LogP contribution in [0.5, 0.6) is 5.75 Å². The van der Waals surface area contributed by atoms with Gasteiger partial charge in [0.05, 0.1) is 11.6 Å². The molecule has 1 atom stereocenters. The van der Waals surface area contributed by atoms with Crippen molar-refractivity contribution in [2.24, 2.45) is 0 Å². The molecule has 0 saturated heterocycles. The summed E-state index contributed by atoms with van der Waals surface area (Å²) in [5.74, 6) is 0.0252. The Morgan fingerprint density at radius 1 is 1.22 bits per heavy atom. The molecule has 0 aliphatic heterocycles. The van der Waals surface area contributed by atoms with E-state index in [2.05, 4.69) is 15.3 Å². The normalized spacial score (nSPS) is 12.3. The van der Waals surface area contributed by atoms with Gasteiger partial charge in [-0.2, -0.15) is 15.2 Å². The first-order chi connectivity index (χ1) is 15.3. The quantitative estimate of drug-likeness (QED) is 0.293. The van der Waals surface area contributed by atoms with E-state index in [1.54, 1.807) is 25.1 Å². The second-order valence-electron chi connectivity index (χ2n) is 6.95. The summed E-state index contributed by atoms with van der Waals surface area (Å²) >= 11 is 0. The number of aromatic nitrogens is 2. The molecule has 1 unspecified atom stereocenters. The molecule has 1 heterocycles. The Kier molecular flexibility index (Phi) is 6.65. The van der Waals surface area contributed by atoms with Gasteiger partial charge in [0.2, 0.25) is 5.95 Å². The fraction of sp³-hybridized carbons (Fsp3) is 0.130. The first-order valence-electron chi connectivity index (χ1n) is 9.62. The summed E-state index contributed by atoms with van der Waals surface area (Å²) in [6.45, 7) is 3.52. The molecular weight excluding hydrogens is 411 g/mol. The van der Waals surface area contributed by atoms with Gasteiger partial charge in [0, 0.05) is 5.56 Å². The Labute approximate surface area is 184 Å². The van der Waals surface area contributed by atoms with Crippen LogP contribution < -0.4 is 21.5 Å². The number of aldehydes is 1. The standard InChI is InChI=1S/C23H21FN6O2/c1-13-6-3-4-9-19(13)32-20(15-7-5-8-16(24)10-15)18(12-31)14(2)28-22-17(11-25)21(26)29-23(27)30-22/h3-10,12,14H,1-2H3,(H5,26,27,28,29,30)/b20-18+. The van der Waals surface area contributed by atoms with E-state index in [1.807, 2.05) is 25.1 Å². The van der Waals surface area contributed by atoms with Crippen LogP contribution >= 0.6 is 0 Å². The number of carbonyl (C=O) groups excluding carboxylic acids is 1. The Morgan fingerprint density at radius 3 is 2.62 bits per heavy atom. The molecule has 0 spiro atoms. The number of para-hydroxylation sites is 1. The van der Waals surface area contributed by atoms with Crippen LogP contribution in [-0.4, -0.2) is 22.3 Å². The molecule has 0 aliphatic carbocycles. The zero-order valence-electron chi connectivity index (χ0n) is 17.5. The Bertz CT molecular complexity index is 1240. The molecule has 2 aromatic carbocycles. The smallest absolute Gasteiger partial charge is 0.224 e. The topological polar surface area (TPSA) is 140 Å². The molecule has 162 valence electrons. The number of nitrogen functional groups attached to an aromatic ring is 2. The lowest BCUT2D eigenvalue weighted by molar-refractivity contribution is -0.105. The second-order valence-corrected chi connectivity index (χ2v) is 6.95. The number of nitriles is 1. The number of nitrogens with two attached hydrogens (primary N) is 2. The highest BCUT2D eigenvalue weighted by atomic mass is 19.1. The minimum Gasteiger partial charge on any atom is -0.456 e. The highest BCUT2D eigenvalue weighted by Gasteiger charge is 2.21. The monoisotopic (exact) mass is 432 g/mol. The lowest BCUT2D eigenvalue weighted by Gasteiger charge is -2.21. The molecular formula is C23H21FN6O2. The van der Waals surface area contributed by atoms with Gasteiger partial charge in [-0.25, -0.2) is 4.39 Å². The Morgan fingerprint density at radius 2 is 1.97 bits per heavy atom. The van der Waals surface area contributed by atoms with Gasteiger partial charge in [-0.15, -0.1) is 0 Å². The van der Waals surface area contributed by atoms with E-state index in [-0.39, 0.29) is 34.5 Å². The zero-order valence-corrected chi connectivity index (χ0v) is 17.5. The minimum absolute atomic E-state index is 0.0107. The number of ether oxygens (including phenoxy) is 1. The third-order valence-electron chi connectivity index (χ3n) is 4.67. The van der Waals surface area contributed by atoms with Crippen molar-refractivity contribution in [3.05, 3.63) is 76.6 Å². The number of benzene rings is 2. The summed E-state index contributed by atoms with van der Waals surface area (Å²) < 4.78 is 20.1. The molecule has 1 aromatic heterocycles. The summed E-state index contributed by atoms with van der Waals surface area (Å²) in [6.07, 6.45) is 0.607. The SMILES string of the molecule is Cc1ccccc1O/C(=C(\C=O)C(C)Nc1nc(N)nc(N)c1C#N)c1cccc(F)c1. The largest absolute Gasteiger partial charge is 0.456 e. The van der Waals surface area contributed by atoms with Crippen LogP contribution in [0.15, 0.2) is 54.1 Å². The molecule has 0 radical (unpaired) electrons. The molecule has 32 heavy (non-hydrogen) atoms. The molecule has 3 aromatic rings. The molecule has 8 nitrogen and oxygen atoms in total. The molecule has 0 aliphatic rings. The van der Waals surface area contributed by atoms with Crippen LogP contribution in [0.2, 0.25) is 0 Å². The summed E-state index contributed by atoms with van der Waals surface area (Å²) in [4.78, 5) is 20.0. The average molecular weight is 432 g/mol. The van der Waals surface area contributed by atoms with Crippen LogP contribution in [0.1, 0.15) is 23.6 Å². The zero-order chi connectivity index (χ0) is 23.3. The van der Waals surface area contributed by atoms with Gasteiger partial charge in [0.25, 0.3) is 0 Å². The van der Waals surface area contributed by atoms with Gasteiger partial charge in [-0.3, -0.25) is 4.79 Å². The third kappa shape index (κ3) is 4.82. The number of hydrogen-bond donors (Lipinski definition) is 3. The fourth-order valence-electron chi connectivity index (χ4n) is 3.04. The Hall–Kier alpha value is -4.45. The van der Waals surface area contributed by atoms with Crippen LogP contribution in [0.25, 0.3) is 5.76 Å². The van der Waals surface area contributed by atoms with E-state index in [9.17, 15) is 14.4 Å². The van der Waals surface area contributed by atoms with Crippen LogP contribution in [0.4, 0.5) is 22.0 Å². The number of carbonyl (C=O) groups is 1. The van der Waals surface area contributed by atoms with Crippen molar-refractivity contribution in [3.8, 4) is 11.8 Å². The van der Waals surface area contributed by atoms with Crippen molar-refractivity contribution < 1.29 is 13.9 Å². The maximum absolute atomic E-state index is 14.0. The molecule has 5 N–H and O–H groups in total. The number of rotatable bonds is 7. The van der Waals surface area contributed by atoms with Gasteiger partial charge < -0.3 is 21.5 Å². The van der Waals surface area contributed by atoms with Crippen molar-refractivity contribution >= 4 is 29.6 Å². The van der Waals surface area contributed by atoms with Crippen molar-refractivity contribution in [1.29, 1.82) is 5.26 Å². The van der Waals surface area contributed by atoms with Crippen LogP contribution in [0, 0.1) is 24.1 Å². The lowest BCUT2D eigenvalue weighted by atomic mass is 10.0. The number of nitrogens with one attached hydrogen (secondary N) is 1. The highest BCUT2D eigenvalue weighted by Crippen LogP contribution is 2.29. The Balaban J connectivity index is 2.12. The summed E-state index contributed by atoms with van der Waals surface area (Å²) in [5.41, 5.74) is 12.8. The van der Waals surface area contributed by atoms with Gasteiger partial charge in [0.15, 0.2) is 12.1 Å². The molecule has 0 saturated carbocycles. The van der Waals surface area contributed by atoms with Crippen molar-refractivity contribution in [2.75, 3.05) is 16.8 Å². The predicted molar refractivity (Wildman–Crippen MR) is 120 cm³/mol. The van der Waals surface area contributed by atoms with Gasteiger partial charge in [-0.1, -0.05) is 30.3 Å². The van der Waals surface area contributed by atoms with Gasteiger partial charge in [0.1, 0.15) is 34.8 Å². The maximum atomic E-state index is 14.0. The van der Waals surface area contributed by atoms with Gasteiger partial charge in [-0.05, 0) is 37.6 Å². The van der Waals surface area contributed by atoms with Crippen molar-refractivity contribution in [1.82, 2.24) is 9.97 Å². The summed E-state index contributed by atoms with van der Waals surface area (Å²) in [7, 11) is 0. The van der Waals surface area contributed by atoms with E-state index in [1.165, 1.54) is 18.2 Å². The predicted octanol–water partition coefficient (Wildman–Crippen LogP) is 3.45. The molecule has 9 heteroatoms. The van der Waals surface area contributed by atoms with E-state index in [0.717, 1.165) is 5.56 Å². The molecule has 0 bridgehead atoms. The van der Waals surface area contributed by atoms with Crippen LogP contribution in [-0.2, 0) is 4.79 Å². The van der Waals surface area contributed by atoms with Crippen molar-refractivity contribution in [3.63, 3.8) is 0 Å². The van der Waals surface area contributed by atoms with Gasteiger partial charge >= 0.3 is 0 Å². The summed E-state index contributed by atoms with van der Waals surface area (Å²) in [6, 6.07) is 14.2. The van der Waals surface area contributed by atoms with E-state index >= 15 is 0 Å². The molecule has 0 amide bonds. The number of nitrogens with zero attached hydrogens (tertiary/aromatic N) is 3. The first kappa shape index (κ1) is 22.2. The minimum atomic E-state index is -0.712. The summed E-state index contributed by atoms with van der Waals surface area (Å²) in [5, 5.41) is 12.4. The number of halogens is 1. The fourth-order valence-corrected chi connectivity index (χ4v) is 3.04. The molecule has 0 fully saturated rings. The van der Waals surface area contributed by atoms with Crippen LogP contribution in [0.3, 0.4) is 0 Å². The third-order valence-corrected chi connectivity index (χ3v) is 4.67.